The van der Waals surface area contributed by atoms with E-state index < -0.39 is 17.5 Å². The van der Waals surface area contributed by atoms with Crippen molar-refractivity contribution in [2.75, 3.05) is 24.6 Å². The van der Waals surface area contributed by atoms with Crippen molar-refractivity contribution in [2.45, 2.75) is 18.9 Å². The highest BCUT2D eigenvalue weighted by molar-refractivity contribution is 6.11. The molecule has 0 bridgehead atoms. The van der Waals surface area contributed by atoms with Crippen LogP contribution in [0.1, 0.15) is 18.9 Å². The monoisotopic (exact) mass is 379 g/mol. The van der Waals surface area contributed by atoms with E-state index in [0.29, 0.717) is 30.9 Å². The first-order valence-corrected chi connectivity index (χ1v) is 9.28. The van der Waals surface area contributed by atoms with E-state index in [1.807, 2.05) is 43.3 Å². The third-order valence-corrected chi connectivity index (χ3v) is 5.24. The third kappa shape index (κ3) is 2.79. The molecule has 0 radical (unpaired) electrons. The fourth-order valence-electron chi connectivity index (χ4n) is 3.85. The third-order valence-electron chi connectivity index (χ3n) is 5.24. The van der Waals surface area contributed by atoms with Crippen molar-refractivity contribution < 1.29 is 19.1 Å². The molecule has 7 heteroatoms. The first-order chi connectivity index (χ1) is 13.6. The summed E-state index contributed by atoms with van der Waals surface area (Å²) in [6.45, 7) is 2.30. The molecule has 1 atom stereocenters. The van der Waals surface area contributed by atoms with Crippen molar-refractivity contribution in [2.24, 2.45) is 0 Å². The van der Waals surface area contributed by atoms with Crippen molar-refractivity contribution in [1.29, 1.82) is 0 Å². The van der Waals surface area contributed by atoms with Gasteiger partial charge in [-0.25, -0.2) is 4.79 Å². The van der Waals surface area contributed by atoms with E-state index in [-0.39, 0.29) is 12.5 Å². The minimum atomic E-state index is -1.17. The van der Waals surface area contributed by atoms with Crippen LogP contribution in [0.5, 0.6) is 5.75 Å². The largest absolute Gasteiger partial charge is 0.493 e. The number of imide groups is 1. The number of anilines is 1. The van der Waals surface area contributed by atoms with E-state index in [1.165, 1.54) is 0 Å². The van der Waals surface area contributed by atoms with E-state index in [4.69, 9.17) is 4.74 Å². The normalized spacial score (nSPS) is 20.5. The Morgan fingerprint density at radius 1 is 1.14 bits per heavy atom. The molecule has 2 heterocycles. The minimum absolute atomic E-state index is 0.307. The Labute approximate surface area is 162 Å². The number of hydrogen-bond donors (Lipinski definition) is 1. The number of urea groups is 1. The van der Waals surface area contributed by atoms with E-state index in [2.05, 4.69) is 5.32 Å². The highest BCUT2D eigenvalue weighted by Gasteiger charge is 2.55. The Kier molecular flexibility index (Phi) is 4.50. The molecule has 4 amide bonds. The van der Waals surface area contributed by atoms with Crippen LogP contribution >= 0.6 is 0 Å². The summed E-state index contributed by atoms with van der Waals surface area (Å²) < 4.78 is 5.63. The number of hydrogen-bond acceptors (Lipinski definition) is 4. The summed E-state index contributed by atoms with van der Waals surface area (Å²) >= 11 is 0. The number of fused-ring (bicyclic) bond motifs is 2. The summed E-state index contributed by atoms with van der Waals surface area (Å²) in [5.41, 5.74) is 0.189. The molecule has 28 heavy (non-hydrogen) atoms. The predicted molar refractivity (Wildman–Crippen MR) is 103 cm³/mol. The average Bonchev–Trinajstić information content (AvgIpc) is 2.94. The molecule has 1 fully saturated rings. The van der Waals surface area contributed by atoms with Crippen LogP contribution in [0, 0.1) is 0 Å². The summed E-state index contributed by atoms with van der Waals surface area (Å²) in [5, 5.41) is 2.81. The molecule has 4 rings (SSSR count). The number of amides is 4. The maximum atomic E-state index is 13.3. The minimum Gasteiger partial charge on any atom is -0.493 e. The number of ether oxygens (including phenoxy) is 1. The van der Waals surface area contributed by atoms with Crippen LogP contribution in [-0.2, 0) is 15.1 Å². The van der Waals surface area contributed by atoms with Crippen LogP contribution in [0.25, 0.3) is 0 Å². The lowest BCUT2D eigenvalue weighted by Gasteiger charge is -2.33. The van der Waals surface area contributed by atoms with Gasteiger partial charge in [-0.3, -0.25) is 14.5 Å². The fraction of sp³-hybridized carbons (Fsp3) is 0.286. The van der Waals surface area contributed by atoms with E-state index in [0.717, 1.165) is 10.6 Å². The lowest BCUT2D eigenvalue weighted by Crippen LogP contribution is -2.48. The van der Waals surface area contributed by atoms with Crippen molar-refractivity contribution in [3.63, 3.8) is 0 Å². The molecule has 2 aliphatic rings. The standard InChI is InChI=1S/C21H21N3O4/c1-2-23(15-8-4-3-5-9-15)18(25)14-24-19(26)21(22-20(24)27)12-13-28-17-11-7-6-10-16(17)21/h3-11H,2,12-14H2,1H3,(H,22,27). The summed E-state index contributed by atoms with van der Waals surface area (Å²) in [6, 6.07) is 15.8. The van der Waals surface area contributed by atoms with Crippen molar-refractivity contribution in [3.05, 3.63) is 60.2 Å². The SMILES string of the molecule is CCN(C(=O)CN1C(=O)NC2(CCOc3ccccc32)C1=O)c1ccccc1. The second kappa shape index (κ2) is 6.99. The number of benzene rings is 2. The van der Waals surface area contributed by atoms with Gasteiger partial charge in [-0.1, -0.05) is 36.4 Å². The van der Waals surface area contributed by atoms with Gasteiger partial charge >= 0.3 is 6.03 Å². The molecule has 1 N–H and O–H groups in total. The second-order valence-corrected chi connectivity index (χ2v) is 6.79. The maximum absolute atomic E-state index is 13.3. The summed E-state index contributed by atoms with van der Waals surface area (Å²) in [4.78, 5) is 41.3. The zero-order chi connectivity index (χ0) is 19.7. The van der Waals surface area contributed by atoms with Crippen LogP contribution in [0.4, 0.5) is 10.5 Å². The molecule has 0 aliphatic carbocycles. The van der Waals surface area contributed by atoms with Crippen LogP contribution in [0.15, 0.2) is 54.6 Å². The van der Waals surface area contributed by atoms with E-state index in [1.54, 1.807) is 23.1 Å². The number of carbonyl (C=O) groups excluding carboxylic acids is 3. The number of nitrogens with zero attached hydrogens (tertiary/aromatic N) is 2. The maximum Gasteiger partial charge on any atom is 0.325 e. The molecular weight excluding hydrogens is 358 g/mol. The molecule has 144 valence electrons. The van der Waals surface area contributed by atoms with Gasteiger partial charge in [-0.05, 0) is 25.1 Å². The van der Waals surface area contributed by atoms with Crippen molar-refractivity contribution >= 4 is 23.5 Å². The van der Waals surface area contributed by atoms with Gasteiger partial charge in [-0.15, -0.1) is 0 Å². The number of nitrogens with one attached hydrogen (secondary N) is 1. The Hall–Kier alpha value is -3.35. The Morgan fingerprint density at radius 2 is 1.86 bits per heavy atom. The van der Waals surface area contributed by atoms with Gasteiger partial charge in [0.15, 0.2) is 5.54 Å². The molecule has 1 unspecified atom stereocenters. The molecule has 2 aliphatic heterocycles. The zero-order valence-electron chi connectivity index (χ0n) is 15.6. The van der Waals surface area contributed by atoms with Gasteiger partial charge in [0.1, 0.15) is 12.3 Å². The Morgan fingerprint density at radius 3 is 2.61 bits per heavy atom. The number of likely N-dealkylation sites (N-methyl/N-ethyl adjacent to an activating group) is 1. The van der Waals surface area contributed by atoms with Crippen LogP contribution in [0.3, 0.4) is 0 Å². The first-order valence-electron chi connectivity index (χ1n) is 9.28. The molecule has 0 aromatic heterocycles. The topological polar surface area (TPSA) is 79.0 Å². The molecule has 2 aromatic rings. The molecule has 0 saturated carbocycles. The van der Waals surface area contributed by atoms with Gasteiger partial charge in [0, 0.05) is 24.2 Å². The highest BCUT2D eigenvalue weighted by atomic mass is 16.5. The second-order valence-electron chi connectivity index (χ2n) is 6.79. The number of para-hydroxylation sites is 2. The number of carbonyl (C=O) groups is 3. The van der Waals surface area contributed by atoms with Crippen LogP contribution in [-0.4, -0.2) is 42.4 Å². The molecule has 1 spiro atoms. The first kappa shape index (κ1) is 18.0. The Balaban J connectivity index is 1.60. The van der Waals surface area contributed by atoms with Gasteiger partial charge < -0.3 is 15.0 Å². The molecule has 1 saturated heterocycles. The summed E-state index contributed by atoms with van der Waals surface area (Å²) in [6.07, 6.45) is 0.329. The lowest BCUT2D eigenvalue weighted by molar-refractivity contribution is -0.135. The predicted octanol–water partition coefficient (Wildman–Crippen LogP) is 2.27. The van der Waals surface area contributed by atoms with Crippen LogP contribution < -0.4 is 15.0 Å². The smallest absolute Gasteiger partial charge is 0.325 e. The molecule has 2 aromatic carbocycles. The van der Waals surface area contributed by atoms with Gasteiger partial charge in [0.25, 0.3) is 5.91 Å². The van der Waals surface area contributed by atoms with Gasteiger partial charge in [-0.2, -0.15) is 0 Å². The Bertz CT molecular complexity index is 930. The van der Waals surface area contributed by atoms with E-state index in [9.17, 15) is 14.4 Å². The van der Waals surface area contributed by atoms with Crippen molar-refractivity contribution in [3.8, 4) is 5.75 Å². The summed E-state index contributed by atoms with van der Waals surface area (Å²) in [7, 11) is 0. The van der Waals surface area contributed by atoms with Crippen molar-refractivity contribution in [1.82, 2.24) is 10.2 Å². The average molecular weight is 379 g/mol. The fourth-order valence-corrected chi connectivity index (χ4v) is 3.85. The lowest BCUT2D eigenvalue weighted by atomic mass is 9.84. The van der Waals surface area contributed by atoms with Crippen LogP contribution in [0.2, 0.25) is 0 Å². The van der Waals surface area contributed by atoms with E-state index >= 15 is 0 Å². The molecular formula is C21H21N3O4. The highest BCUT2D eigenvalue weighted by Crippen LogP contribution is 2.40. The number of rotatable bonds is 4. The molecule has 7 nitrogen and oxygen atoms in total. The quantitative estimate of drug-likeness (QED) is 0.827. The summed E-state index contributed by atoms with van der Waals surface area (Å²) in [5.74, 6) is -0.143. The zero-order valence-corrected chi connectivity index (χ0v) is 15.6. The van der Waals surface area contributed by atoms with Gasteiger partial charge in [0.05, 0.1) is 6.61 Å². The van der Waals surface area contributed by atoms with Gasteiger partial charge in [0.2, 0.25) is 5.91 Å².